The molecule has 0 spiro atoms. The van der Waals surface area contributed by atoms with Crippen molar-refractivity contribution in [3.8, 4) is 0 Å². The van der Waals surface area contributed by atoms with Crippen LogP contribution in [0.3, 0.4) is 0 Å². The van der Waals surface area contributed by atoms with Crippen LogP contribution in [0.25, 0.3) is 0 Å². The quantitative estimate of drug-likeness (QED) is 0.595. The molecule has 0 fully saturated rings. The second kappa shape index (κ2) is 3.60. The van der Waals surface area contributed by atoms with Crippen molar-refractivity contribution in [3.05, 3.63) is 18.4 Å². The van der Waals surface area contributed by atoms with Crippen LogP contribution in [-0.2, 0) is 0 Å². The third kappa shape index (κ3) is 4.37. The monoisotopic (exact) mass is 140 g/mol. The Bertz CT molecular complexity index is 139. The molecule has 0 aromatic carbocycles. The van der Waals surface area contributed by atoms with E-state index < -0.39 is 5.60 Å². The molecule has 0 aromatic heterocycles. The molecule has 0 saturated carbocycles. The van der Waals surface area contributed by atoms with Crippen molar-refractivity contribution in [3.63, 3.8) is 0 Å². The van der Waals surface area contributed by atoms with Gasteiger partial charge in [-0.25, -0.2) is 0 Å². The zero-order chi connectivity index (χ0) is 8.20. The van der Waals surface area contributed by atoms with E-state index >= 15 is 0 Å². The highest BCUT2D eigenvalue weighted by Gasteiger charge is 2.17. The zero-order valence-electron chi connectivity index (χ0n) is 7.02. The van der Waals surface area contributed by atoms with E-state index in [1.807, 2.05) is 0 Å². The average molecular weight is 140 g/mol. The molecule has 0 heterocycles. The van der Waals surface area contributed by atoms with Crippen LogP contribution in [-0.4, -0.2) is 10.7 Å². The zero-order valence-corrected chi connectivity index (χ0v) is 7.02. The number of hydrogen-bond donors (Lipinski definition) is 1. The second-order valence-electron chi connectivity index (χ2n) is 3.30. The lowest BCUT2D eigenvalue weighted by molar-refractivity contribution is 0.0878. The maximum atomic E-state index is 9.53. The van der Waals surface area contributed by atoms with Gasteiger partial charge in [-0.2, -0.15) is 0 Å². The van der Waals surface area contributed by atoms with Gasteiger partial charge in [0, 0.05) is 0 Å². The van der Waals surface area contributed by atoms with E-state index in [9.17, 15) is 5.11 Å². The third-order valence-corrected chi connectivity index (χ3v) is 1.23. The molecule has 0 aliphatic carbocycles. The van der Waals surface area contributed by atoms with Crippen LogP contribution < -0.4 is 0 Å². The van der Waals surface area contributed by atoms with Gasteiger partial charge in [-0.1, -0.05) is 20.4 Å². The van der Waals surface area contributed by atoms with E-state index in [-0.39, 0.29) is 0 Å². The Kier molecular flexibility index (Phi) is 3.41. The van der Waals surface area contributed by atoms with Crippen LogP contribution in [0.5, 0.6) is 0 Å². The summed E-state index contributed by atoms with van der Waals surface area (Å²) in [5.74, 6) is 0.500. The molecule has 1 unspecified atom stereocenters. The van der Waals surface area contributed by atoms with Gasteiger partial charge in [0.1, 0.15) is 0 Å². The van der Waals surface area contributed by atoms with Crippen LogP contribution in [0.1, 0.15) is 27.2 Å². The predicted molar refractivity (Wildman–Crippen MR) is 43.8 cm³/mol. The van der Waals surface area contributed by atoms with Crippen molar-refractivity contribution in [1.82, 2.24) is 0 Å². The molecule has 0 saturated heterocycles. The SMILES string of the molecule is C=C=CC(C)(O)CC(C)C. The van der Waals surface area contributed by atoms with Gasteiger partial charge >= 0.3 is 0 Å². The summed E-state index contributed by atoms with van der Waals surface area (Å²) in [5.41, 5.74) is 1.86. The van der Waals surface area contributed by atoms with Gasteiger partial charge in [0.05, 0.1) is 5.60 Å². The van der Waals surface area contributed by atoms with E-state index in [1.54, 1.807) is 13.0 Å². The van der Waals surface area contributed by atoms with Crippen LogP contribution in [0.15, 0.2) is 18.4 Å². The highest BCUT2D eigenvalue weighted by atomic mass is 16.3. The minimum Gasteiger partial charge on any atom is -0.385 e. The van der Waals surface area contributed by atoms with Crippen molar-refractivity contribution < 1.29 is 5.11 Å². The summed E-state index contributed by atoms with van der Waals surface area (Å²) < 4.78 is 0. The molecule has 1 nitrogen and oxygen atoms in total. The van der Waals surface area contributed by atoms with Crippen LogP contribution in [0.4, 0.5) is 0 Å². The highest BCUT2D eigenvalue weighted by molar-refractivity contribution is 4.95. The molecule has 1 atom stereocenters. The maximum absolute atomic E-state index is 9.53. The van der Waals surface area contributed by atoms with Crippen molar-refractivity contribution in [2.75, 3.05) is 0 Å². The lowest BCUT2D eigenvalue weighted by atomic mass is 9.94. The molecule has 1 heteroatoms. The Labute approximate surface area is 63.1 Å². The summed E-state index contributed by atoms with van der Waals surface area (Å²) >= 11 is 0. The smallest absolute Gasteiger partial charge is 0.0875 e. The predicted octanol–water partition coefficient (Wildman–Crippen LogP) is 2.12. The van der Waals surface area contributed by atoms with E-state index in [2.05, 4.69) is 26.2 Å². The fourth-order valence-electron chi connectivity index (χ4n) is 1.11. The Morgan fingerprint density at radius 1 is 1.70 bits per heavy atom. The standard InChI is InChI=1S/C9H16O/c1-5-6-9(4,10)7-8(2)3/h6,8,10H,1,7H2,2-4H3. The highest BCUT2D eigenvalue weighted by Crippen LogP contribution is 2.16. The molecule has 58 valence electrons. The fraction of sp³-hybridized carbons (Fsp3) is 0.667. The Hall–Kier alpha value is -0.520. The summed E-state index contributed by atoms with van der Waals surface area (Å²) in [6.07, 6.45) is 2.36. The van der Waals surface area contributed by atoms with Gasteiger partial charge in [0.25, 0.3) is 0 Å². The van der Waals surface area contributed by atoms with E-state index in [0.717, 1.165) is 6.42 Å². The molecular formula is C9H16O. The maximum Gasteiger partial charge on any atom is 0.0875 e. The van der Waals surface area contributed by atoms with Gasteiger partial charge in [-0.3, -0.25) is 0 Å². The van der Waals surface area contributed by atoms with Crippen LogP contribution in [0, 0.1) is 5.92 Å². The second-order valence-corrected chi connectivity index (χ2v) is 3.30. The van der Waals surface area contributed by atoms with Crippen LogP contribution in [0.2, 0.25) is 0 Å². The lowest BCUT2D eigenvalue weighted by Gasteiger charge is -2.19. The summed E-state index contributed by atoms with van der Waals surface area (Å²) in [4.78, 5) is 0. The number of hydrogen-bond acceptors (Lipinski definition) is 1. The van der Waals surface area contributed by atoms with Gasteiger partial charge < -0.3 is 5.11 Å². The summed E-state index contributed by atoms with van der Waals surface area (Å²) in [7, 11) is 0. The summed E-state index contributed by atoms with van der Waals surface area (Å²) in [6.45, 7) is 9.33. The van der Waals surface area contributed by atoms with Crippen molar-refractivity contribution >= 4 is 0 Å². The minimum absolute atomic E-state index is 0.500. The third-order valence-electron chi connectivity index (χ3n) is 1.23. The summed E-state index contributed by atoms with van der Waals surface area (Å²) in [5, 5.41) is 9.53. The Morgan fingerprint density at radius 2 is 2.20 bits per heavy atom. The topological polar surface area (TPSA) is 20.2 Å². The molecule has 0 amide bonds. The van der Waals surface area contributed by atoms with Crippen molar-refractivity contribution in [2.24, 2.45) is 5.92 Å². The largest absolute Gasteiger partial charge is 0.385 e. The molecule has 0 bridgehead atoms. The Balaban J connectivity index is 3.98. The molecule has 0 aliphatic rings. The first kappa shape index (κ1) is 9.48. The molecule has 0 aromatic rings. The molecule has 10 heavy (non-hydrogen) atoms. The molecule has 1 N–H and O–H groups in total. The van der Waals surface area contributed by atoms with Gasteiger partial charge in [-0.15, -0.1) is 5.73 Å². The molecule has 0 radical (unpaired) electrons. The van der Waals surface area contributed by atoms with Crippen LogP contribution >= 0.6 is 0 Å². The first-order valence-electron chi connectivity index (χ1n) is 3.57. The van der Waals surface area contributed by atoms with E-state index in [1.165, 1.54) is 0 Å². The first-order chi connectivity index (χ1) is 4.48. The lowest BCUT2D eigenvalue weighted by Crippen LogP contribution is -2.22. The Morgan fingerprint density at radius 3 is 2.50 bits per heavy atom. The molecular weight excluding hydrogens is 124 g/mol. The summed E-state index contributed by atoms with van der Waals surface area (Å²) in [6, 6.07) is 0. The average Bonchev–Trinajstić information content (AvgIpc) is 1.59. The van der Waals surface area contributed by atoms with E-state index in [4.69, 9.17) is 0 Å². The van der Waals surface area contributed by atoms with Gasteiger partial charge in [0.2, 0.25) is 0 Å². The van der Waals surface area contributed by atoms with Gasteiger partial charge in [-0.05, 0) is 25.3 Å². The minimum atomic E-state index is -0.726. The van der Waals surface area contributed by atoms with Gasteiger partial charge in [0.15, 0.2) is 0 Å². The fourth-order valence-corrected chi connectivity index (χ4v) is 1.11. The first-order valence-corrected chi connectivity index (χ1v) is 3.57. The van der Waals surface area contributed by atoms with Crippen molar-refractivity contribution in [2.45, 2.75) is 32.8 Å². The normalized spacial score (nSPS) is 16.1. The van der Waals surface area contributed by atoms with E-state index in [0.29, 0.717) is 5.92 Å². The number of aliphatic hydroxyl groups is 1. The van der Waals surface area contributed by atoms with Crippen molar-refractivity contribution in [1.29, 1.82) is 0 Å². The molecule has 0 aliphatic heterocycles. The molecule has 0 rings (SSSR count). The number of rotatable bonds is 3.